The number of aliphatic hydroxyl groups excluding tert-OH is 1. The van der Waals surface area contributed by atoms with Crippen LogP contribution in [0.3, 0.4) is 0 Å². The molecule has 1 saturated heterocycles. The van der Waals surface area contributed by atoms with Crippen LogP contribution in [-0.4, -0.2) is 68.8 Å². The summed E-state index contributed by atoms with van der Waals surface area (Å²) in [7, 11) is 0. The van der Waals surface area contributed by atoms with Gasteiger partial charge in [0.15, 0.2) is 6.29 Å². The number of aliphatic hydroxyl groups is 2. The van der Waals surface area contributed by atoms with Gasteiger partial charge in [0.1, 0.15) is 11.9 Å². The molecule has 144 valence electrons. The molecule has 0 radical (unpaired) electrons. The van der Waals surface area contributed by atoms with Gasteiger partial charge in [-0.1, -0.05) is 12.4 Å². The van der Waals surface area contributed by atoms with E-state index >= 15 is 0 Å². The molecule has 0 bridgehead atoms. The predicted molar refractivity (Wildman–Crippen MR) is 95.8 cm³/mol. The zero-order valence-electron chi connectivity index (χ0n) is 14.0. The molecule has 0 unspecified atom stereocenters. The van der Waals surface area contributed by atoms with Gasteiger partial charge in [-0.05, 0) is 18.1 Å². The summed E-state index contributed by atoms with van der Waals surface area (Å²) < 4.78 is 10.9. The summed E-state index contributed by atoms with van der Waals surface area (Å²) in [6.45, 7) is -2.42. The van der Waals surface area contributed by atoms with Crippen LogP contribution in [-0.2, 0) is 11.2 Å². The molecule has 2 aliphatic heterocycles. The fraction of sp³-hybridized carbons (Fsp3) is 0.533. The zero-order chi connectivity index (χ0) is 19.1. The van der Waals surface area contributed by atoms with Gasteiger partial charge in [-0.25, -0.2) is 0 Å². The van der Waals surface area contributed by atoms with Gasteiger partial charge in [-0.2, -0.15) is 12.6 Å². The summed E-state index contributed by atoms with van der Waals surface area (Å²) >= 11 is 4.00. The Bertz CT molecular complexity index is 697. The summed E-state index contributed by atoms with van der Waals surface area (Å²) in [5.41, 5.74) is 6.22. The van der Waals surface area contributed by atoms with E-state index in [0.29, 0.717) is 25.1 Å². The Morgan fingerprint density at radius 3 is 2.73 bits per heavy atom. The zero-order valence-corrected chi connectivity index (χ0v) is 14.9. The molecule has 9 nitrogen and oxygen atoms in total. The molecule has 26 heavy (non-hydrogen) atoms. The number of fused-ring (bicyclic) bond motifs is 1. The molecular formula is C15H22BN2O7S-. The topological polar surface area (TPSA) is 146 Å². The number of benzene rings is 1. The molecule has 2 heterocycles. The lowest BCUT2D eigenvalue weighted by atomic mass is 9.70. The molecule has 3 rings (SSSR count). The molecule has 6 N–H and O–H groups in total. The molecule has 1 aromatic carbocycles. The molecule has 11 heteroatoms. The molecule has 1 amide bonds. The van der Waals surface area contributed by atoms with Gasteiger partial charge in [0.25, 0.3) is 0 Å². The van der Waals surface area contributed by atoms with E-state index in [4.69, 9.17) is 15.1 Å². The number of amides is 1. The van der Waals surface area contributed by atoms with E-state index in [1.165, 1.54) is 4.90 Å². The number of aryl methyl sites for hydroxylation is 1. The second-order valence-corrected chi connectivity index (χ2v) is 6.99. The van der Waals surface area contributed by atoms with Crippen molar-refractivity contribution in [3.05, 3.63) is 23.3 Å². The van der Waals surface area contributed by atoms with Crippen molar-refractivity contribution in [3.8, 4) is 11.5 Å². The highest BCUT2D eigenvalue weighted by molar-refractivity contribution is 7.80. The minimum absolute atomic E-state index is 0.0121. The Morgan fingerprint density at radius 1 is 1.42 bits per heavy atom. The third-order valence-corrected chi connectivity index (χ3v) is 4.95. The Morgan fingerprint density at radius 2 is 2.12 bits per heavy atom. The SMILES string of the molecule is N[C@H](CS)C(=O)N1CC(Oc2ccc3c(c2C(O)O)O[B-](O)(O)CC3)C1. The van der Waals surface area contributed by atoms with E-state index in [-0.39, 0.29) is 41.1 Å². The fourth-order valence-electron chi connectivity index (χ4n) is 3.09. The number of ether oxygens (including phenoxy) is 1. The van der Waals surface area contributed by atoms with Crippen molar-refractivity contribution in [1.82, 2.24) is 4.90 Å². The number of likely N-dealkylation sites (tertiary alicyclic amines) is 1. The lowest BCUT2D eigenvalue weighted by Crippen LogP contribution is -2.60. The fourth-order valence-corrected chi connectivity index (χ4v) is 3.24. The highest BCUT2D eigenvalue weighted by Crippen LogP contribution is 2.41. The lowest BCUT2D eigenvalue weighted by molar-refractivity contribution is -0.141. The van der Waals surface area contributed by atoms with E-state index in [1.807, 2.05) is 0 Å². The van der Waals surface area contributed by atoms with Gasteiger partial charge in [0.05, 0.1) is 30.4 Å². The van der Waals surface area contributed by atoms with Crippen LogP contribution in [0, 0.1) is 0 Å². The van der Waals surface area contributed by atoms with E-state index in [2.05, 4.69) is 12.6 Å². The minimum atomic E-state index is -3.05. The standard InChI is InChI=1S/C15H22BN2O7S/c17-10(7-26)14(19)18-5-9(6-18)24-11-2-1-8-3-4-16(22,23)25-13(8)12(11)15(20)21/h1-2,9-10,15,20-23,26H,3-7,17H2/q-1/t10-/m1/s1. The third-order valence-electron chi connectivity index (χ3n) is 4.56. The molecule has 0 saturated carbocycles. The van der Waals surface area contributed by atoms with Crippen molar-refractivity contribution < 1.29 is 34.4 Å². The molecule has 1 fully saturated rings. The lowest BCUT2D eigenvalue weighted by Gasteiger charge is -2.41. The van der Waals surface area contributed by atoms with Gasteiger partial charge >= 0.3 is 6.75 Å². The molecular weight excluding hydrogens is 363 g/mol. The first-order valence-corrected chi connectivity index (χ1v) is 8.98. The van der Waals surface area contributed by atoms with E-state index in [0.717, 1.165) is 0 Å². The maximum Gasteiger partial charge on any atom is 0.430 e. The van der Waals surface area contributed by atoms with Crippen molar-refractivity contribution in [2.24, 2.45) is 5.73 Å². The minimum Gasteiger partial charge on any atom is -0.670 e. The van der Waals surface area contributed by atoms with Crippen molar-refractivity contribution >= 4 is 25.3 Å². The van der Waals surface area contributed by atoms with Crippen molar-refractivity contribution in [2.75, 3.05) is 18.8 Å². The van der Waals surface area contributed by atoms with Crippen molar-refractivity contribution in [2.45, 2.75) is 31.2 Å². The van der Waals surface area contributed by atoms with Crippen LogP contribution in [0.5, 0.6) is 11.5 Å². The molecule has 1 aromatic rings. The molecule has 1 atom stereocenters. The highest BCUT2D eigenvalue weighted by Gasteiger charge is 2.36. The number of nitrogens with two attached hydrogens (primary N) is 1. The highest BCUT2D eigenvalue weighted by atomic mass is 32.1. The van der Waals surface area contributed by atoms with Gasteiger partial charge in [0, 0.05) is 5.75 Å². The first kappa shape index (κ1) is 19.3. The van der Waals surface area contributed by atoms with Crippen LogP contribution in [0.2, 0.25) is 6.32 Å². The second kappa shape index (κ2) is 7.26. The van der Waals surface area contributed by atoms with Gasteiger partial charge in [0.2, 0.25) is 5.91 Å². The number of nitrogens with zero attached hydrogens (tertiary/aromatic N) is 1. The van der Waals surface area contributed by atoms with Crippen LogP contribution >= 0.6 is 12.6 Å². The Labute approximate surface area is 155 Å². The molecule has 0 spiro atoms. The number of hydrogen-bond acceptors (Lipinski definition) is 9. The normalized spacial score (nSPS) is 20.2. The smallest absolute Gasteiger partial charge is 0.430 e. The first-order chi connectivity index (χ1) is 12.2. The summed E-state index contributed by atoms with van der Waals surface area (Å²) in [6, 6.07) is 2.59. The van der Waals surface area contributed by atoms with E-state index in [1.54, 1.807) is 12.1 Å². The molecule has 2 aliphatic rings. The van der Waals surface area contributed by atoms with Crippen LogP contribution in [0.15, 0.2) is 12.1 Å². The average molecular weight is 385 g/mol. The Hall–Kier alpha value is -1.50. The van der Waals surface area contributed by atoms with Crippen LogP contribution < -0.4 is 15.1 Å². The van der Waals surface area contributed by atoms with Crippen molar-refractivity contribution in [3.63, 3.8) is 0 Å². The quantitative estimate of drug-likeness (QED) is 0.201. The summed E-state index contributed by atoms with van der Waals surface area (Å²) in [6.07, 6.45) is -1.90. The Balaban J connectivity index is 1.75. The van der Waals surface area contributed by atoms with Crippen molar-refractivity contribution in [1.29, 1.82) is 0 Å². The number of hydrogen-bond donors (Lipinski definition) is 6. The average Bonchev–Trinajstić information content (AvgIpc) is 2.54. The van der Waals surface area contributed by atoms with E-state index in [9.17, 15) is 25.1 Å². The maximum atomic E-state index is 11.9. The summed E-state index contributed by atoms with van der Waals surface area (Å²) in [5.74, 6) is 0.195. The number of carbonyl (C=O) groups is 1. The molecule has 0 aliphatic carbocycles. The van der Waals surface area contributed by atoms with Gasteiger partial charge in [-0.3, -0.25) is 4.79 Å². The number of rotatable bonds is 5. The van der Waals surface area contributed by atoms with Gasteiger partial charge in [-0.15, -0.1) is 0 Å². The maximum absolute atomic E-state index is 11.9. The summed E-state index contributed by atoms with van der Waals surface area (Å²) in [4.78, 5) is 13.5. The third kappa shape index (κ3) is 3.78. The first-order valence-electron chi connectivity index (χ1n) is 8.35. The predicted octanol–water partition coefficient (Wildman–Crippen LogP) is -1.63. The van der Waals surface area contributed by atoms with Crippen LogP contribution in [0.4, 0.5) is 0 Å². The van der Waals surface area contributed by atoms with E-state index < -0.39 is 19.1 Å². The second-order valence-electron chi connectivity index (χ2n) is 6.63. The Kier molecular flexibility index (Phi) is 5.38. The van der Waals surface area contributed by atoms with Crippen LogP contribution in [0.1, 0.15) is 17.4 Å². The number of thiol groups is 1. The monoisotopic (exact) mass is 385 g/mol. The molecule has 0 aromatic heterocycles. The van der Waals surface area contributed by atoms with Gasteiger partial charge < -0.3 is 40.3 Å². The van der Waals surface area contributed by atoms with Crippen LogP contribution in [0.25, 0.3) is 0 Å². The summed E-state index contributed by atoms with van der Waals surface area (Å²) in [5, 5.41) is 39.0. The number of carbonyl (C=O) groups excluding carboxylic acids is 1. The largest absolute Gasteiger partial charge is 0.670 e.